The molecular weight excluding hydrogens is 460 g/mol. The maximum Gasteiger partial charge on any atom is 0.127 e. The van der Waals surface area contributed by atoms with E-state index in [1.165, 1.54) is 166 Å². The van der Waals surface area contributed by atoms with Gasteiger partial charge in [-0.15, -0.1) is 0 Å². The molecule has 0 spiro atoms. The monoisotopic (exact) mass is 525 g/mol. The normalized spacial score (nSPS) is 15.2. The van der Waals surface area contributed by atoms with Crippen molar-refractivity contribution in [1.29, 1.82) is 0 Å². The second kappa shape index (κ2) is 23.4. The van der Waals surface area contributed by atoms with Crippen molar-refractivity contribution in [3.63, 3.8) is 0 Å². The predicted octanol–water partition coefficient (Wildman–Crippen LogP) is 11.8. The fourth-order valence-corrected chi connectivity index (χ4v) is 6.02. The molecule has 0 fully saturated rings. The molecule has 2 nitrogen and oxygen atoms in total. The number of unbranched alkanes of at least 4 members (excludes halogenated alkanes) is 21. The van der Waals surface area contributed by atoms with Crippen LogP contribution in [0.3, 0.4) is 0 Å². The predicted molar refractivity (Wildman–Crippen MR) is 169 cm³/mol. The van der Waals surface area contributed by atoms with Crippen LogP contribution in [0.25, 0.3) is 0 Å². The minimum Gasteiger partial charge on any atom is -0.352 e. The summed E-state index contributed by atoms with van der Waals surface area (Å²) in [4.78, 5) is 5.19. The molecule has 1 aromatic carbocycles. The summed E-state index contributed by atoms with van der Waals surface area (Å²) in [5.41, 5.74) is 1.44. The van der Waals surface area contributed by atoms with Gasteiger partial charge in [-0.1, -0.05) is 179 Å². The third-order valence-electron chi connectivity index (χ3n) is 8.47. The van der Waals surface area contributed by atoms with E-state index < -0.39 is 0 Å². The largest absolute Gasteiger partial charge is 0.352 e. The zero-order chi connectivity index (χ0) is 26.9. The number of benzene rings is 1. The zero-order valence-corrected chi connectivity index (χ0v) is 25.7. The second-order valence-electron chi connectivity index (χ2n) is 12.0. The Kier molecular flexibility index (Phi) is 20.2. The van der Waals surface area contributed by atoms with E-state index in [-0.39, 0.29) is 0 Å². The van der Waals surface area contributed by atoms with Crippen molar-refractivity contribution >= 4 is 0 Å². The van der Waals surface area contributed by atoms with Crippen molar-refractivity contribution in [3.8, 4) is 0 Å². The van der Waals surface area contributed by atoms with E-state index in [1.807, 2.05) is 0 Å². The van der Waals surface area contributed by atoms with E-state index in [9.17, 15) is 0 Å². The van der Waals surface area contributed by atoms with E-state index in [4.69, 9.17) is 0 Å². The summed E-state index contributed by atoms with van der Waals surface area (Å²) in [6, 6.07) is 11.2. The van der Waals surface area contributed by atoms with Gasteiger partial charge in [-0.2, -0.15) is 0 Å². The lowest BCUT2D eigenvalue weighted by Gasteiger charge is -2.33. The average Bonchev–Trinajstić information content (AvgIpc) is 3.35. The van der Waals surface area contributed by atoms with Crippen LogP contribution in [0.2, 0.25) is 0 Å². The molecule has 1 aliphatic heterocycles. The quantitative estimate of drug-likeness (QED) is 0.111. The van der Waals surface area contributed by atoms with Crippen LogP contribution >= 0.6 is 0 Å². The van der Waals surface area contributed by atoms with Crippen LogP contribution in [0.15, 0.2) is 42.7 Å². The molecule has 0 radical (unpaired) electrons. The smallest absolute Gasteiger partial charge is 0.127 e. The molecule has 2 heteroatoms. The number of nitrogens with zero attached hydrogens (tertiary/aromatic N) is 2. The third kappa shape index (κ3) is 15.2. The molecule has 1 unspecified atom stereocenters. The van der Waals surface area contributed by atoms with Crippen molar-refractivity contribution in [1.82, 2.24) is 9.80 Å². The molecular formula is C36H64N2. The molecule has 0 bridgehead atoms. The Hall–Kier alpha value is -1.44. The Balaban J connectivity index is 1.51. The van der Waals surface area contributed by atoms with Crippen LogP contribution in [-0.2, 0) is 0 Å². The van der Waals surface area contributed by atoms with E-state index in [2.05, 4.69) is 66.4 Å². The minimum atomic E-state index is 0.396. The molecule has 1 aliphatic rings. The molecule has 1 heterocycles. The van der Waals surface area contributed by atoms with E-state index in [0.717, 1.165) is 0 Å². The van der Waals surface area contributed by atoms with Gasteiger partial charge in [0.05, 0.1) is 0 Å². The van der Waals surface area contributed by atoms with E-state index >= 15 is 0 Å². The lowest BCUT2D eigenvalue weighted by molar-refractivity contribution is 0.149. The summed E-state index contributed by atoms with van der Waals surface area (Å²) in [5.74, 6) is 0. The van der Waals surface area contributed by atoms with Gasteiger partial charge in [0.2, 0.25) is 0 Å². The topological polar surface area (TPSA) is 6.48 Å². The standard InChI is InChI=1S/C36H64N2/c1-3-5-7-9-11-12-13-14-15-16-17-18-19-21-23-28-32-38-34-33-37(31-27-22-20-10-8-6-4-2)36(38)35-29-25-24-26-30-35/h24-26,29-30,33-34,36H,3-23,27-28,31-32H2,1-2H3. The molecule has 0 saturated heterocycles. The molecule has 0 amide bonds. The Bertz CT molecular complexity index is 655. The summed E-state index contributed by atoms with van der Waals surface area (Å²) in [6.45, 7) is 6.97. The maximum absolute atomic E-state index is 2.60. The van der Waals surface area contributed by atoms with Crippen molar-refractivity contribution in [3.05, 3.63) is 48.3 Å². The molecule has 1 aromatic rings. The fraction of sp³-hybridized carbons (Fsp3) is 0.778. The summed E-state index contributed by atoms with van der Waals surface area (Å²) in [7, 11) is 0. The Morgan fingerprint density at radius 2 is 0.737 bits per heavy atom. The van der Waals surface area contributed by atoms with Crippen LogP contribution in [0, 0.1) is 0 Å². The highest BCUT2D eigenvalue weighted by molar-refractivity contribution is 5.21. The van der Waals surface area contributed by atoms with Crippen LogP contribution in [0.4, 0.5) is 0 Å². The van der Waals surface area contributed by atoms with Crippen molar-refractivity contribution in [2.45, 2.75) is 168 Å². The molecule has 2 rings (SSSR count). The lowest BCUT2D eigenvalue weighted by atomic mass is 10.0. The summed E-state index contributed by atoms with van der Waals surface area (Å²) in [5, 5.41) is 0. The first-order chi connectivity index (χ1) is 18.9. The van der Waals surface area contributed by atoms with Crippen LogP contribution < -0.4 is 0 Å². The molecule has 38 heavy (non-hydrogen) atoms. The SMILES string of the molecule is CCCCCCCCCCCCCCCCCCN1C=CN(CCCCCCCCC)C1c1ccccc1. The highest BCUT2D eigenvalue weighted by Crippen LogP contribution is 2.31. The van der Waals surface area contributed by atoms with Gasteiger partial charge in [-0.3, -0.25) is 0 Å². The van der Waals surface area contributed by atoms with Crippen molar-refractivity contribution in [2.75, 3.05) is 13.1 Å². The number of hydrogen-bond donors (Lipinski definition) is 0. The zero-order valence-electron chi connectivity index (χ0n) is 25.7. The van der Waals surface area contributed by atoms with Crippen LogP contribution in [0.5, 0.6) is 0 Å². The first-order valence-electron chi connectivity index (χ1n) is 17.1. The minimum absolute atomic E-state index is 0.396. The first-order valence-corrected chi connectivity index (χ1v) is 17.1. The summed E-state index contributed by atoms with van der Waals surface area (Å²) >= 11 is 0. The first kappa shape index (κ1) is 32.8. The van der Waals surface area contributed by atoms with E-state index in [0.29, 0.717) is 6.17 Å². The number of hydrogen-bond acceptors (Lipinski definition) is 2. The Morgan fingerprint density at radius 1 is 0.421 bits per heavy atom. The van der Waals surface area contributed by atoms with Gasteiger partial charge >= 0.3 is 0 Å². The van der Waals surface area contributed by atoms with Gasteiger partial charge in [0.1, 0.15) is 6.17 Å². The fourth-order valence-electron chi connectivity index (χ4n) is 6.02. The molecule has 0 aromatic heterocycles. The van der Waals surface area contributed by atoms with Gasteiger partial charge in [-0.05, 0) is 18.4 Å². The van der Waals surface area contributed by atoms with Crippen molar-refractivity contribution < 1.29 is 0 Å². The van der Waals surface area contributed by atoms with Gasteiger partial charge in [0.25, 0.3) is 0 Å². The van der Waals surface area contributed by atoms with E-state index in [1.54, 1.807) is 0 Å². The Labute approximate surface area is 238 Å². The maximum atomic E-state index is 2.60. The summed E-state index contributed by atoms with van der Waals surface area (Å²) in [6.07, 6.45) is 37.7. The Morgan fingerprint density at radius 3 is 1.08 bits per heavy atom. The molecule has 218 valence electrons. The van der Waals surface area contributed by atoms with Crippen LogP contribution in [0.1, 0.15) is 173 Å². The highest BCUT2D eigenvalue weighted by atomic mass is 15.4. The molecule has 0 aliphatic carbocycles. The lowest BCUT2D eigenvalue weighted by Crippen LogP contribution is -2.32. The third-order valence-corrected chi connectivity index (χ3v) is 8.47. The van der Waals surface area contributed by atoms with Gasteiger partial charge in [-0.25, -0.2) is 0 Å². The van der Waals surface area contributed by atoms with Gasteiger partial charge in [0, 0.05) is 25.5 Å². The van der Waals surface area contributed by atoms with Crippen molar-refractivity contribution in [2.24, 2.45) is 0 Å². The molecule has 1 atom stereocenters. The molecule has 0 N–H and O–H groups in total. The van der Waals surface area contributed by atoms with Gasteiger partial charge < -0.3 is 9.80 Å². The van der Waals surface area contributed by atoms with Gasteiger partial charge in [0.15, 0.2) is 0 Å². The molecule has 0 saturated carbocycles. The highest BCUT2D eigenvalue weighted by Gasteiger charge is 2.26. The second-order valence-corrected chi connectivity index (χ2v) is 12.0. The summed E-state index contributed by atoms with van der Waals surface area (Å²) < 4.78 is 0. The average molecular weight is 525 g/mol. The number of rotatable bonds is 26. The van der Waals surface area contributed by atoms with Crippen LogP contribution in [-0.4, -0.2) is 22.9 Å².